The van der Waals surface area contributed by atoms with E-state index < -0.39 is 34.7 Å². The van der Waals surface area contributed by atoms with Gasteiger partial charge in [-0.15, -0.1) is 0 Å². The van der Waals surface area contributed by atoms with E-state index in [1.165, 1.54) is 0 Å². The minimum atomic E-state index is -0.973. The Morgan fingerprint density at radius 1 is 1.05 bits per heavy atom. The Morgan fingerprint density at radius 3 is 2.60 bits per heavy atom. The number of hydrogen-bond acceptors (Lipinski definition) is 4. The molecule has 0 saturated carbocycles. The molecule has 0 saturated heterocycles. The summed E-state index contributed by atoms with van der Waals surface area (Å²) in [6.45, 7) is 0. The first kappa shape index (κ1) is 27.1. The van der Waals surface area contributed by atoms with Gasteiger partial charge in [-0.25, -0.2) is 13.8 Å². The van der Waals surface area contributed by atoms with E-state index in [-0.39, 0.29) is 15.9 Å². The third kappa shape index (κ3) is 5.75. The highest BCUT2D eigenvalue weighted by atomic mass is 35.5. The van der Waals surface area contributed by atoms with E-state index in [1.807, 2.05) is 30.3 Å². The standard InChI is InChI=1S/C29H20Cl2F2N4O3/c30-19-8-9-20(32)17(26(19)33)7-11-24(39)35-22(12-15-4-2-1-3-5-15)29-36-27(28(31)37-29)16-6-10-21-18(13-16)23(38)14-25(40)34-21/h1-11,13-14,22H,12H2,(H,35,39)(H,36,37)(H2,34,38,40)/b11-7+. The predicted octanol–water partition coefficient (Wildman–Crippen LogP) is 6.32. The molecule has 0 aliphatic carbocycles. The van der Waals surface area contributed by atoms with Crippen molar-refractivity contribution in [1.82, 2.24) is 20.3 Å². The number of benzene rings is 3. The van der Waals surface area contributed by atoms with Crippen molar-refractivity contribution in [3.8, 4) is 17.0 Å². The van der Waals surface area contributed by atoms with Gasteiger partial charge in [0.2, 0.25) is 5.91 Å². The Labute approximate surface area is 236 Å². The van der Waals surface area contributed by atoms with Crippen molar-refractivity contribution < 1.29 is 18.7 Å². The third-order valence-electron chi connectivity index (χ3n) is 6.18. The number of rotatable bonds is 7. The van der Waals surface area contributed by atoms with Crippen LogP contribution in [-0.4, -0.2) is 26.0 Å². The number of nitrogens with one attached hydrogen (secondary N) is 3. The average Bonchev–Trinajstić information content (AvgIpc) is 3.32. The second-order valence-electron chi connectivity index (χ2n) is 8.90. The van der Waals surface area contributed by atoms with E-state index in [0.717, 1.165) is 35.9 Å². The second-order valence-corrected chi connectivity index (χ2v) is 9.69. The van der Waals surface area contributed by atoms with Gasteiger partial charge < -0.3 is 20.4 Å². The lowest BCUT2D eigenvalue weighted by molar-refractivity contribution is -0.117. The number of fused-ring (bicyclic) bond motifs is 1. The molecule has 0 spiro atoms. The maximum absolute atomic E-state index is 14.3. The highest BCUT2D eigenvalue weighted by molar-refractivity contribution is 6.32. The molecule has 7 nitrogen and oxygen atoms in total. The molecule has 3 aromatic carbocycles. The number of H-pyrrole nitrogens is 2. The van der Waals surface area contributed by atoms with Crippen molar-refractivity contribution in [3.05, 3.63) is 122 Å². The van der Waals surface area contributed by atoms with Crippen LogP contribution >= 0.6 is 23.2 Å². The van der Waals surface area contributed by atoms with Crippen molar-refractivity contribution in [2.24, 2.45) is 0 Å². The van der Waals surface area contributed by atoms with Gasteiger partial charge in [-0.3, -0.25) is 9.59 Å². The van der Waals surface area contributed by atoms with Gasteiger partial charge in [0.05, 0.1) is 16.6 Å². The van der Waals surface area contributed by atoms with Gasteiger partial charge in [-0.1, -0.05) is 59.6 Å². The molecule has 0 aliphatic rings. The van der Waals surface area contributed by atoms with E-state index in [0.29, 0.717) is 34.4 Å². The highest BCUT2D eigenvalue weighted by Crippen LogP contribution is 2.32. The van der Waals surface area contributed by atoms with Crippen molar-refractivity contribution >= 4 is 46.1 Å². The number of carbonyl (C=O) groups excluding carboxylic acids is 1. The molecule has 1 unspecified atom stereocenters. The molecular formula is C29H20Cl2F2N4O3. The minimum Gasteiger partial charge on any atom is -0.507 e. The zero-order valence-corrected chi connectivity index (χ0v) is 22.0. The topological polar surface area (TPSA) is 111 Å². The van der Waals surface area contributed by atoms with E-state index in [1.54, 1.807) is 18.2 Å². The van der Waals surface area contributed by atoms with E-state index >= 15 is 0 Å². The van der Waals surface area contributed by atoms with Crippen LogP contribution in [0.25, 0.3) is 28.2 Å². The molecule has 2 aromatic heterocycles. The van der Waals surface area contributed by atoms with Crippen LogP contribution in [0.4, 0.5) is 8.78 Å². The zero-order chi connectivity index (χ0) is 28.4. The maximum atomic E-state index is 14.3. The van der Waals surface area contributed by atoms with E-state index in [9.17, 15) is 23.5 Å². The number of pyridine rings is 1. The molecule has 5 rings (SSSR count). The average molecular weight is 581 g/mol. The summed E-state index contributed by atoms with van der Waals surface area (Å²) >= 11 is 12.2. The summed E-state index contributed by atoms with van der Waals surface area (Å²) in [7, 11) is 0. The normalized spacial score (nSPS) is 12.2. The lowest BCUT2D eigenvalue weighted by atomic mass is 10.1. The van der Waals surface area contributed by atoms with Gasteiger partial charge in [-0.2, -0.15) is 0 Å². The van der Waals surface area contributed by atoms with Gasteiger partial charge in [0.1, 0.15) is 28.2 Å². The van der Waals surface area contributed by atoms with Crippen LogP contribution in [0.15, 0.2) is 77.6 Å². The fraction of sp³-hybridized carbons (Fsp3) is 0.0690. The number of nitrogens with zero attached hydrogens (tertiary/aromatic N) is 1. The fourth-order valence-electron chi connectivity index (χ4n) is 4.25. The third-order valence-corrected chi connectivity index (χ3v) is 6.75. The van der Waals surface area contributed by atoms with Crippen LogP contribution in [0, 0.1) is 11.6 Å². The lowest BCUT2D eigenvalue weighted by Gasteiger charge is -2.16. The quantitative estimate of drug-likeness (QED) is 0.133. The summed E-state index contributed by atoms with van der Waals surface area (Å²) < 4.78 is 28.4. The molecule has 11 heteroatoms. The van der Waals surface area contributed by atoms with Gasteiger partial charge in [0, 0.05) is 28.7 Å². The molecule has 0 aliphatic heterocycles. The summed E-state index contributed by atoms with van der Waals surface area (Å²) in [6, 6.07) is 16.7. The Morgan fingerprint density at radius 2 is 1.82 bits per heavy atom. The maximum Gasteiger partial charge on any atom is 0.252 e. The monoisotopic (exact) mass is 580 g/mol. The number of aromatic amines is 2. The summed E-state index contributed by atoms with van der Waals surface area (Å²) in [5.74, 6) is -2.33. The van der Waals surface area contributed by atoms with Crippen LogP contribution < -0.4 is 10.9 Å². The minimum absolute atomic E-state index is 0.184. The van der Waals surface area contributed by atoms with Crippen molar-refractivity contribution in [3.63, 3.8) is 0 Å². The van der Waals surface area contributed by atoms with E-state index in [2.05, 4.69) is 20.3 Å². The van der Waals surface area contributed by atoms with Gasteiger partial charge >= 0.3 is 0 Å². The molecule has 0 fully saturated rings. The fourth-order valence-corrected chi connectivity index (χ4v) is 4.66. The first-order valence-electron chi connectivity index (χ1n) is 12.0. The van der Waals surface area contributed by atoms with Crippen LogP contribution in [-0.2, 0) is 11.2 Å². The van der Waals surface area contributed by atoms with Crippen molar-refractivity contribution in [1.29, 1.82) is 0 Å². The van der Waals surface area contributed by atoms with Gasteiger partial charge in [0.25, 0.3) is 5.56 Å². The molecule has 0 radical (unpaired) electrons. The predicted molar refractivity (Wildman–Crippen MR) is 150 cm³/mol. The molecule has 2 heterocycles. The number of amides is 1. The lowest BCUT2D eigenvalue weighted by Crippen LogP contribution is -2.29. The number of carbonyl (C=O) groups is 1. The molecule has 1 atom stereocenters. The smallest absolute Gasteiger partial charge is 0.252 e. The first-order valence-corrected chi connectivity index (χ1v) is 12.7. The number of aromatic hydroxyl groups is 1. The molecule has 1 amide bonds. The Hall–Kier alpha value is -4.47. The van der Waals surface area contributed by atoms with Crippen molar-refractivity contribution in [2.45, 2.75) is 12.5 Å². The zero-order valence-electron chi connectivity index (χ0n) is 20.5. The van der Waals surface area contributed by atoms with Crippen LogP contribution in [0.2, 0.25) is 10.2 Å². The Bertz CT molecular complexity index is 1820. The largest absolute Gasteiger partial charge is 0.507 e. The van der Waals surface area contributed by atoms with Crippen LogP contribution in [0.1, 0.15) is 23.0 Å². The molecule has 202 valence electrons. The molecule has 5 aromatic rings. The number of halogens is 4. The summed E-state index contributed by atoms with van der Waals surface area (Å²) in [4.78, 5) is 34.8. The number of aromatic nitrogens is 3. The highest BCUT2D eigenvalue weighted by Gasteiger charge is 2.22. The Balaban J connectivity index is 1.47. The Kier molecular flexibility index (Phi) is 7.68. The molecule has 40 heavy (non-hydrogen) atoms. The van der Waals surface area contributed by atoms with E-state index in [4.69, 9.17) is 23.2 Å². The van der Waals surface area contributed by atoms with Gasteiger partial charge in [-0.05, 0) is 42.3 Å². The summed E-state index contributed by atoms with van der Waals surface area (Å²) in [5.41, 5.74) is 1.36. The summed E-state index contributed by atoms with van der Waals surface area (Å²) in [5, 5.41) is 13.4. The first-order chi connectivity index (χ1) is 19.2. The van der Waals surface area contributed by atoms with Crippen molar-refractivity contribution in [2.75, 3.05) is 0 Å². The number of hydrogen-bond donors (Lipinski definition) is 4. The molecule has 4 N–H and O–H groups in total. The summed E-state index contributed by atoms with van der Waals surface area (Å²) in [6.07, 6.45) is 2.34. The van der Waals surface area contributed by atoms with Gasteiger partial charge in [0.15, 0.2) is 5.82 Å². The molecule has 0 bridgehead atoms. The number of imidazole rings is 1. The van der Waals surface area contributed by atoms with Crippen LogP contribution in [0.5, 0.6) is 5.75 Å². The van der Waals surface area contributed by atoms with Crippen LogP contribution in [0.3, 0.4) is 0 Å². The second kappa shape index (κ2) is 11.3. The molecular weight excluding hydrogens is 561 g/mol. The SMILES string of the molecule is O=C(/C=C/c1c(F)ccc(Cl)c1F)NC(Cc1ccccc1)c1nc(-c2ccc3[nH]c(=O)cc(O)c3c2)c(Cl)[nH]1.